The first-order valence-corrected chi connectivity index (χ1v) is 16.7. The van der Waals surface area contributed by atoms with E-state index in [0.29, 0.717) is 13.1 Å². The monoisotopic (exact) mass is 847 g/mol. The van der Waals surface area contributed by atoms with Crippen LogP contribution in [-0.2, 0) is 41.8 Å². The predicted octanol–water partition coefficient (Wildman–Crippen LogP) is 4.29. The lowest BCUT2D eigenvalue weighted by molar-refractivity contribution is -0.195. The molecule has 45 heavy (non-hydrogen) atoms. The number of benzene rings is 2. The highest BCUT2D eigenvalue weighted by Crippen LogP contribution is 2.40. The highest BCUT2D eigenvalue weighted by atomic mass is 127. The number of cyclic esters (lactones) is 2. The number of fused-ring (bicyclic) bond motifs is 2. The fraction of sp³-hybridized carbons (Fsp3) is 0.533. The molecule has 4 fully saturated rings. The summed E-state index contributed by atoms with van der Waals surface area (Å²) in [6, 6.07) is 11.0. The number of esters is 2. The van der Waals surface area contributed by atoms with Gasteiger partial charge in [-0.15, -0.1) is 0 Å². The Kier molecular flexibility index (Phi) is 11.1. The molecule has 0 unspecified atom stereocenters. The van der Waals surface area contributed by atoms with Crippen molar-refractivity contribution in [1.82, 2.24) is 10.1 Å². The quantitative estimate of drug-likeness (QED) is 0.134. The van der Waals surface area contributed by atoms with Crippen LogP contribution in [0.2, 0.25) is 0 Å². The van der Waals surface area contributed by atoms with Crippen LogP contribution in [0, 0.1) is 25.9 Å². The molecule has 0 radical (unpaired) electrons. The van der Waals surface area contributed by atoms with E-state index in [1.165, 1.54) is 9.13 Å². The first-order valence-electron chi connectivity index (χ1n) is 14.5. The molecule has 6 rings (SSSR count). The third kappa shape index (κ3) is 6.90. The maximum absolute atomic E-state index is 12.2. The summed E-state index contributed by atoms with van der Waals surface area (Å²) >= 11 is 4.50. The van der Waals surface area contributed by atoms with Gasteiger partial charge in [-0.2, -0.15) is 10.1 Å². The number of aliphatic hydroxyl groups is 1. The van der Waals surface area contributed by atoms with Crippen LogP contribution in [-0.4, -0.2) is 83.9 Å². The number of hydrogen-bond acceptors (Lipinski definition) is 11. The molecule has 0 saturated carbocycles. The summed E-state index contributed by atoms with van der Waals surface area (Å²) in [7, 11) is 1.62. The van der Waals surface area contributed by atoms with Crippen molar-refractivity contribution in [2.75, 3.05) is 20.3 Å². The maximum Gasteiger partial charge on any atom is 0.326 e. The number of hydroxylamine groups is 4. The fourth-order valence-corrected chi connectivity index (χ4v) is 7.83. The summed E-state index contributed by atoms with van der Waals surface area (Å²) in [5.74, 6) is -0.0512. The van der Waals surface area contributed by atoms with Crippen molar-refractivity contribution in [3.63, 3.8) is 0 Å². The number of azide groups is 1. The number of methoxy groups -OCH3 is 1. The lowest BCUT2D eigenvalue weighted by Crippen LogP contribution is -2.35. The van der Waals surface area contributed by atoms with Gasteiger partial charge in [0.1, 0.15) is 36.1 Å². The van der Waals surface area contributed by atoms with E-state index in [-0.39, 0.29) is 55.2 Å². The highest BCUT2D eigenvalue weighted by Gasteiger charge is 2.57. The highest BCUT2D eigenvalue weighted by molar-refractivity contribution is 14.1. The summed E-state index contributed by atoms with van der Waals surface area (Å²) in [5, 5.41) is 16.4. The minimum Gasteiger partial charge on any atom is -0.495 e. The maximum atomic E-state index is 12.2. The molecule has 15 heteroatoms. The fourth-order valence-electron chi connectivity index (χ4n) is 6.50. The number of rotatable bonds is 8. The third-order valence-corrected chi connectivity index (χ3v) is 10.7. The van der Waals surface area contributed by atoms with Crippen LogP contribution in [0.4, 0.5) is 0 Å². The number of carbonyl (C=O) groups is 2. The zero-order valence-corrected chi connectivity index (χ0v) is 29.5. The number of ether oxygens (including phenoxy) is 3. The summed E-state index contributed by atoms with van der Waals surface area (Å²) in [6.45, 7) is 6.71. The van der Waals surface area contributed by atoms with Gasteiger partial charge < -0.3 is 19.3 Å². The van der Waals surface area contributed by atoms with Crippen LogP contribution in [0.15, 0.2) is 41.5 Å². The Bertz CT molecular complexity index is 1480. The molecule has 2 aromatic rings. The lowest BCUT2D eigenvalue weighted by Gasteiger charge is -2.21. The Balaban J connectivity index is 0.000000178. The second-order valence-electron chi connectivity index (χ2n) is 11.3. The molecule has 0 aromatic heterocycles. The van der Waals surface area contributed by atoms with Gasteiger partial charge in [-0.3, -0.25) is 19.3 Å². The number of para-hydroxylation sites is 1. The average molecular weight is 847 g/mol. The molecule has 1 N–H and O–H groups in total. The van der Waals surface area contributed by atoms with Crippen LogP contribution in [0.1, 0.15) is 30.5 Å². The van der Waals surface area contributed by atoms with Gasteiger partial charge in [-0.1, -0.05) is 29.4 Å². The number of carbonyl (C=O) groups excluding carboxylic acids is 2. The van der Waals surface area contributed by atoms with E-state index >= 15 is 0 Å². The SMILES string of the molecule is COc1c(I)cccc1CN1O[C@@H](CO)[C@H]2[C@H](C)OC(=O)[C@H]21.Cc1c(I)cccc1CN1O[C@@H](CN=[N+]=[N-])[C@H]2[C@H](C)OC(=O)[C@H]21. The van der Waals surface area contributed by atoms with Crippen molar-refractivity contribution in [1.29, 1.82) is 0 Å². The summed E-state index contributed by atoms with van der Waals surface area (Å²) in [6.07, 6.45) is -1.24. The van der Waals surface area contributed by atoms with Crippen molar-refractivity contribution in [3.05, 3.63) is 70.7 Å². The van der Waals surface area contributed by atoms with Crippen molar-refractivity contribution < 1.29 is 38.6 Å². The molecule has 8 atom stereocenters. The van der Waals surface area contributed by atoms with E-state index < -0.39 is 18.2 Å². The molecule has 0 amide bonds. The van der Waals surface area contributed by atoms with Gasteiger partial charge in [0.05, 0.1) is 54.9 Å². The standard InChI is InChI=1S/C15H17IN4O3.C15H18INO5/c1-8-10(4-3-5-11(8)16)7-20-14-13(9(2)22-15(14)21)12(23-20)6-18-19-17;1-8-12-11(7-18)22-17(13(12)15(19)21-8)6-9-4-3-5-10(16)14(9)20-2/h3-5,9,12-14H,6-7H2,1-2H3;3-5,8,11-13,18H,6-7H2,1-2H3/t9-,12-,13+,14-;8-,11-,12+,13-/m00/s1. The van der Waals surface area contributed by atoms with E-state index in [9.17, 15) is 14.7 Å². The molecule has 4 heterocycles. The second-order valence-corrected chi connectivity index (χ2v) is 13.6. The predicted molar refractivity (Wildman–Crippen MR) is 177 cm³/mol. The Morgan fingerprint density at radius 3 is 2.02 bits per heavy atom. The van der Waals surface area contributed by atoms with Gasteiger partial charge in [0, 0.05) is 14.0 Å². The molecule has 0 aliphatic carbocycles. The molecule has 13 nitrogen and oxygen atoms in total. The largest absolute Gasteiger partial charge is 0.495 e. The Hall–Kier alpha value is -2.25. The number of nitrogens with zero attached hydrogens (tertiary/aromatic N) is 5. The van der Waals surface area contributed by atoms with E-state index in [1.807, 2.05) is 50.2 Å². The van der Waals surface area contributed by atoms with Gasteiger partial charge in [-0.05, 0) is 94.7 Å². The normalized spacial score (nSPS) is 30.6. The summed E-state index contributed by atoms with van der Waals surface area (Å²) < 4.78 is 18.3. The smallest absolute Gasteiger partial charge is 0.326 e. The Labute approximate surface area is 288 Å². The van der Waals surface area contributed by atoms with Crippen LogP contribution in [0.3, 0.4) is 0 Å². The van der Waals surface area contributed by atoms with E-state index in [2.05, 4.69) is 62.1 Å². The Morgan fingerprint density at radius 1 is 0.911 bits per heavy atom. The third-order valence-electron chi connectivity index (χ3n) is 8.71. The van der Waals surface area contributed by atoms with Crippen LogP contribution < -0.4 is 4.74 Å². The summed E-state index contributed by atoms with van der Waals surface area (Å²) in [4.78, 5) is 38.8. The molecule has 2 aromatic carbocycles. The molecule has 4 aliphatic rings. The second kappa shape index (κ2) is 14.7. The van der Waals surface area contributed by atoms with E-state index in [1.54, 1.807) is 17.2 Å². The first-order chi connectivity index (χ1) is 21.6. The van der Waals surface area contributed by atoms with Gasteiger partial charge in [0.25, 0.3) is 0 Å². The van der Waals surface area contributed by atoms with Crippen LogP contribution >= 0.6 is 45.2 Å². The molecule has 0 bridgehead atoms. The van der Waals surface area contributed by atoms with Crippen molar-refractivity contribution in [2.24, 2.45) is 17.0 Å². The molecular weight excluding hydrogens is 812 g/mol. The first kappa shape index (κ1) is 34.1. The number of halogens is 2. The van der Waals surface area contributed by atoms with E-state index in [4.69, 9.17) is 29.4 Å². The molecule has 0 spiro atoms. The van der Waals surface area contributed by atoms with Crippen molar-refractivity contribution in [3.8, 4) is 5.75 Å². The minimum atomic E-state index is -0.477. The van der Waals surface area contributed by atoms with Gasteiger partial charge in [-0.25, -0.2) is 0 Å². The van der Waals surface area contributed by atoms with Crippen molar-refractivity contribution >= 4 is 57.1 Å². The average Bonchev–Trinajstić information content (AvgIpc) is 3.73. The molecular formula is C30H35I2N5O8. The summed E-state index contributed by atoms with van der Waals surface area (Å²) in [5.41, 5.74) is 11.7. The lowest BCUT2D eigenvalue weighted by atomic mass is 9.92. The van der Waals surface area contributed by atoms with Crippen molar-refractivity contribution in [2.45, 2.75) is 70.4 Å². The van der Waals surface area contributed by atoms with E-state index in [0.717, 1.165) is 20.4 Å². The minimum absolute atomic E-state index is 0.115. The number of aliphatic hydroxyl groups excluding tert-OH is 1. The van der Waals surface area contributed by atoms with Gasteiger partial charge in [0.2, 0.25) is 0 Å². The van der Waals surface area contributed by atoms with Gasteiger partial charge in [0.15, 0.2) is 0 Å². The Morgan fingerprint density at radius 2 is 1.44 bits per heavy atom. The molecule has 4 aliphatic heterocycles. The van der Waals surface area contributed by atoms with Crippen LogP contribution in [0.25, 0.3) is 10.4 Å². The molecule has 4 saturated heterocycles. The van der Waals surface area contributed by atoms with Crippen LogP contribution in [0.5, 0.6) is 5.75 Å². The zero-order chi connectivity index (χ0) is 32.4. The zero-order valence-electron chi connectivity index (χ0n) is 25.2. The number of hydrogen-bond donors (Lipinski definition) is 1. The topological polar surface area (TPSA) is 156 Å². The van der Waals surface area contributed by atoms with Gasteiger partial charge >= 0.3 is 11.9 Å². The molecule has 242 valence electrons.